The van der Waals surface area contributed by atoms with E-state index in [0.29, 0.717) is 28.5 Å². The minimum atomic E-state index is 0.177. The van der Waals surface area contributed by atoms with E-state index in [2.05, 4.69) is 4.98 Å². The Bertz CT molecular complexity index is 596. The summed E-state index contributed by atoms with van der Waals surface area (Å²) in [4.78, 5) is 14.7. The number of benzene rings is 1. The molecule has 1 aromatic carbocycles. The molecule has 0 fully saturated rings. The highest BCUT2D eigenvalue weighted by molar-refractivity contribution is 7.13. The van der Waals surface area contributed by atoms with Gasteiger partial charge in [-0.2, -0.15) is 0 Å². The number of thiazole rings is 1. The van der Waals surface area contributed by atoms with Crippen molar-refractivity contribution in [1.82, 2.24) is 4.98 Å². The van der Waals surface area contributed by atoms with Gasteiger partial charge in [-0.05, 0) is 12.1 Å². The van der Waals surface area contributed by atoms with Crippen LogP contribution >= 0.6 is 22.9 Å². The molecule has 1 aliphatic heterocycles. The molecule has 17 heavy (non-hydrogen) atoms. The average molecular weight is 268 g/mol. The highest BCUT2D eigenvalue weighted by Crippen LogP contribution is 2.42. The van der Waals surface area contributed by atoms with Crippen LogP contribution in [0.5, 0.6) is 11.5 Å². The topological polar surface area (TPSA) is 48.4 Å². The fraction of sp³-hybridized carbons (Fsp3) is 0.0909. The van der Waals surface area contributed by atoms with Crippen LogP contribution in [0.15, 0.2) is 17.5 Å². The van der Waals surface area contributed by atoms with E-state index in [1.165, 1.54) is 11.3 Å². The van der Waals surface area contributed by atoms with Crippen molar-refractivity contribution in [3.05, 3.63) is 28.2 Å². The zero-order valence-electron chi connectivity index (χ0n) is 8.47. The Hall–Kier alpha value is -1.59. The van der Waals surface area contributed by atoms with Crippen LogP contribution in [-0.4, -0.2) is 18.1 Å². The van der Waals surface area contributed by atoms with E-state index in [-0.39, 0.29) is 6.79 Å². The Morgan fingerprint density at radius 3 is 3.06 bits per heavy atom. The van der Waals surface area contributed by atoms with E-state index in [1.54, 1.807) is 11.4 Å². The smallest absolute Gasteiger partial charge is 0.231 e. The Morgan fingerprint density at radius 1 is 1.41 bits per heavy atom. The lowest BCUT2D eigenvalue weighted by Crippen LogP contribution is -1.93. The molecular formula is C11H6ClNO3S. The lowest BCUT2D eigenvalue weighted by molar-refractivity contribution is 0.111. The van der Waals surface area contributed by atoms with Crippen molar-refractivity contribution in [3.63, 3.8) is 0 Å². The van der Waals surface area contributed by atoms with Gasteiger partial charge in [-0.1, -0.05) is 11.6 Å². The number of carbonyl (C=O) groups is 1. The van der Waals surface area contributed by atoms with Crippen LogP contribution in [0.25, 0.3) is 10.6 Å². The van der Waals surface area contributed by atoms with Crippen LogP contribution in [-0.2, 0) is 0 Å². The Balaban J connectivity index is 2.09. The summed E-state index contributed by atoms with van der Waals surface area (Å²) in [5.41, 5.74) is 1.23. The number of aromatic nitrogens is 1. The number of fused-ring (bicyclic) bond motifs is 1. The largest absolute Gasteiger partial charge is 0.454 e. The van der Waals surface area contributed by atoms with Crippen LogP contribution in [0.3, 0.4) is 0 Å². The quantitative estimate of drug-likeness (QED) is 0.785. The van der Waals surface area contributed by atoms with Crippen molar-refractivity contribution in [3.8, 4) is 22.1 Å². The molecule has 0 radical (unpaired) electrons. The normalized spacial score (nSPS) is 12.8. The number of rotatable bonds is 2. The number of carbonyl (C=O) groups excluding carboxylic acids is 1. The fourth-order valence-corrected chi connectivity index (χ4v) is 2.58. The van der Waals surface area contributed by atoms with Crippen molar-refractivity contribution < 1.29 is 14.3 Å². The summed E-state index contributed by atoms with van der Waals surface area (Å²) in [6.07, 6.45) is 0.717. The first-order valence-corrected chi connectivity index (χ1v) is 6.04. The minimum Gasteiger partial charge on any atom is -0.454 e. The van der Waals surface area contributed by atoms with Gasteiger partial charge in [0.1, 0.15) is 10.7 Å². The van der Waals surface area contributed by atoms with Crippen LogP contribution in [0, 0.1) is 0 Å². The van der Waals surface area contributed by atoms with Gasteiger partial charge in [0, 0.05) is 10.9 Å². The predicted octanol–water partition coefficient (Wildman–Crippen LogP) is 3.00. The summed E-state index contributed by atoms with van der Waals surface area (Å²) in [5, 5.41) is 2.91. The first kappa shape index (κ1) is 10.6. The van der Waals surface area contributed by atoms with Crippen LogP contribution in [0.2, 0.25) is 5.02 Å². The summed E-state index contributed by atoms with van der Waals surface area (Å²) < 4.78 is 10.5. The zero-order valence-corrected chi connectivity index (χ0v) is 10.0. The highest BCUT2D eigenvalue weighted by atomic mass is 35.5. The molecule has 6 heteroatoms. The maximum Gasteiger partial charge on any atom is 0.231 e. The monoisotopic (exact) mass is 267 g/mol. The Kier molecular flexibility index (Phi) is 2.49. The molecule has 0 saturated carbocycles. The molecule has 1 aromatic heterocycles. The molecule has 1 aliphatic rings. The lowest BCUT2D eigenvalue weighted by atomic mass is 10.2. The first-order chi connectivity index (χ1) is 8.28. The average Bonchev–Trinajstić information content (AvgIpc) is 2.97. The maximum atomic E-state index is 10.6. The highest BCUT2D eigenvalue weighted by Gasteiger charge is 2.19. The van der Waals surface area contributed by atoms with Crippen molar-refractivity contribution >= 4 is 29.2 Å². The second kappa shape index (κ2) is 4.01. The number of aldehydes is 1. The van der Waals surface area contributed by atoms with E-state index in [4.69, 9.17) is 21.1 Å². The predicted molar refractivity (Wildman–Crippen MR) is 64.1 cm³/mol. The third kappa shape index (κ3) is 1.77. The van der Waals surface area contributed by atoms with Crippen LogP contribution in [0.1, 0.15) is 10.5 Å². The van der Waals surface area contributed by atoms with Gasteiger partial charge >= 0.3 is 0 Å². The minimum absolute atomic E-state index is 0.177. The van der Waals surface area contributed by atoms with E-state index >= 15 is 0 Å². The molecule has 2 heterocycles. The molecule has 0 amide bonds. The molecule has 0 atom stereocenters. The second-order valence-corrected chi connectivity index (χ2v) is 4.65. The van der Waals surface area contributed by atoms with Gasteiger partial charge in [0.15, 0.2) is 17.8 Å². The molecule has 4 nitrogen and oxygen atoms in total. The number of ether oxygens (including phenoxy) is 2. The van der Waals surface area contributed by atoms with E-state index in [0.717, 1.165) is 10.6 Å². The van der Waals surface area contributed by atoms with Crippen molar-refractivity contribution in [1.29, 1.82) is 0 Å². The second-order valence-electron chi connectivity index (χ2n) is 3.39. The molecule has 0 spiro atoms. The molecule has 2 aromatic rings. The van der Waals surface area contributed by atoms with Crippen molar-refractivity contribution in [2.24, 2.45) is 0 Å². The van der Waals surface area contributed by atoms with Gasteiger partial charge < -0.3 is 9.47 Å². The standard InChI is InChI=1S/C11H6ClNO3S/c12-8-1-6(2-9-10(8)16-5-15-9)11-13-7(3-14)4-17-11/h1-4H,5H2. The van der Waals surface area contributed by atoms with E-state index in [1.807, 2.05) is 6.07 Å². The first-order valence-electron chi connectivity index (χ1n) is 4.78. The number of nitrogens with zero attached hydrogens (tertiary/aromatic N) is 1. The lowest BCUT2D eigenvalue weighted by Gasteiger charge is -2.01. The van der Waals surface area contributed by atoms with Gasteiger partial charge in [0.25, 0.3) is 0 Å². The molecule has 0 bridgehead atoms. The van der Waals surface area contributed by atoms with Gasteiger partial charge in [-0.25, -0.2) is 4.98 Å². The van der Waals surface area contributed by atoms with Crippen LogP contribution in [0.4, 0.5) is 0 Å². The van der Waals surface area contributed by atoms with Crippen molar-refractivity contribution in [2.45, 2.75) is 0 Å². The number of halogens is 1. The number of hydrogen-bond acceptors (Lipinski definition) is 5. The van der Waals surface area contributed by atoms with E-state index < -0.39 is 0 Å². The van der Waals surface area contributed by atoms with E-state index in [9.17, 15) is 4.79 Å². The zero-order chi connectivity index (χ0) is 11.8. The summed E-state index contributed by atoms with van der Waals surface area (Å²) in [6, 6.07) is 3.56. The summed E-state index contributed by atoms with van der Waals surface area (Å²) in [5.74, 6) is 1.16. The summed E-state index contributed by atoms with van der Waals surface area (Å²) in [7, 11) is 0. The molecule has 0 saturated heterocycles. The Labute approximate surface area is 106 Å². The van der Waals surface area contributed by atoms with Crippen LogP contribution < -0.4 is 9.47 Å². The molecule has 86 valence electrons. The fourth-order valence-electron chi connectivity index (χ4n) is 1.56. The third-order valence-corrected chi connectivity index (χ3v) is 3.51. The van der Waals surface area contributed by atoms with Crippen molar-refractivity contribution in [2.75, 3.05) is 6.79 Å². The van der Waals surface area contributed by atoms with Gasteiger partial charge in [-0.15, -0.1) is 11.3 Å². The maximum absolute atomic E-state index is 10.6. The van der Waals surface area contributed by atoms with Gasteiger partial charge in [0.05, 0.1) is 5.02 Å². The summed E-state index contributed by atoms with van der Waals surface area (Å²) in [6.45, 7) is 0.177. The molecule has 3 rings (SSSR count). The molecule has 0 unspecified atom stereocenters. The molecule has 0 aliphatic carbocycles. The molecule has 0 N–H and O–H groups in total. The number of hydrogen-bond donors (Lipinski definition) is 0. The van der Waals surface area contributed by atoms with Gasteiger partial charge in [-0.3, -0.25) is 4.79 Å². The summed E-state index contributed by atoms with van der Waals surface area (Å²) >= 11 is 7.45. The Morgan fingerprint density at radius 2 is 2.29 bits per heavy atom. The third-order valence-electron chi connectivity index (χ3n) is 2.32. The SMILES string of the molecule is O=Cc1csc(-c2cc(Cl)c3c(c2)OCO3)n1. The molecular weight excluding hydrogens is 262 g/mol. The van der Waals surface area contributed by atoms with Gasteiger partial charge in [0.2, 0.25) is 6.79 Å².